The zero-order valence-corrected chi connectivity index (χ0v) is 11.0. The van der Waals surface area contributed by atoms with Gasteiger partial charge in [-0.15, -0.1) is 0 Å². The van der Waals surface area contributed by atoms with E-state index in [0.717, 1.165) is 11.0 Å². The number of aromatic nitrogens is 4. The highest BCUT2D eigenvalue weighted by atomic mass is 35.5. The fourth-order valence-corrected chi connectivity index (χ4v) is 2.11. The number of rotatable bonds is 3. The number of nitrogens with zero attached hydrogens (tertiary/aromatic N) is 4. The van der Waals surface area contributed by atoms with Gasteiger partial charge in [0, 0.05) is 13.2 Å². The van der Waals surface area contributed by atoms with E-state index >= 15 is 0 Å². The number of hydrogen-bond donors (Lipinski definition) is 0. The zero-order valence-electron chi connectivity index (χ0n) is 10.2. The Hall–Kier alpha value is -1.98. The van der Waals surface area contributed by atoms with Gasteiger partial charge < -0.3 is 4.74 Å². The minimum Gasteiger partial charge on any atom is -0.377 e. The summed E-state index contributed by atoms with van der Waals surface area (Å²) in [4.78, 5) is 12.9. The van der Waals surface area contributed by atoms with Gasteiger partial charge >= 0.3 is 0 Å². The first-order chi connectivity index (χ1) is 9.28. The SMILES string of the molecule is COCc1nc(Cl)cc(-n2cnc3ccccc32)n1. The monoisotopic (exact) mass is 274 g/mol. The summed E-state index contributed by atoms with van der Waals surface area (Å²) in [6, 6.07) is 9.54. The molecule has 0 radical (unpaired) electrons. The van der Waals surface area contributed by atoms with E-state index < -0.39 is 0 Å². The molecule has 3 rings (SSSR count). The van der Waals surface area contributed by atoms with Gasteiger partial charge in [0.15, 0.2) is 5.82 Å². The molecule has 96 valence electrons. The van der Waals surface area contributed by atoms with Crippen molar-refractivity contribution in [2.24, 2.45) is 0 Å². The number of methoxy groups -OCH3 is 1. The summed E-state index contributed by atoms with van der Waals surface area (Å²) in [7, 11) is 1.59. The van der Waals surface area contributed by atoms with E-state index in [1.807, 2.05) is 28.8 Å². The van der Waals surface area contributed by atoms with Crippen LogP contribution in [0.1, 0.15) is 5.82 Å². The summed E-state index contributed by atoms with van der Waals surface area (Å²) in [5.74, 6) is 1.23. The van der Waals surface area contributed by atoms with Crippen molar-refractivity contribution >= 4 is 22.6 Å². The average Bonchev–Trinajstić information content (AvgIpc) is 2.82. The van der Waals surface area contributed by atoms with Gasteiger partial charge in [0.05, 0.1) is 11.0 Å². The molecule has 0 aliphatic rings. The molecule has 0 N–H and O–H groups in total. The lowest BCUT2D eigenvalue weighted by Gasteiger charge is -2.06. The van der Waals surface area contributed by atoms with E-state index in [0.29, 0.717) is 23.4 Å². The van der Waals surface area contributed by atoms with E-state index in [4.69, 9.17) is 16.3 Å². The first-order valence-electron chi connectivity index (χ1n) is 5.73. The molecule has 0 aliphatic carbocycles. The molecule has 0 atom stereocenters. The maximum absolute atomic E-state index is 6.01. The average molecular weight is 275 g/mol. The summed E-state index contributed by atoms with van der Waals surface area (Å²) in [5, 5.41) is 0.384. The summed E-state index contributed by atoms with van der Waals surface area (Å²) >= 11 is 6.01. The molecule has 0 saturated carbocycles. The molecule has 0 fully saturated rings. The third-order valence-electron chi connectivity index (χ3n) is 2.70. The van der Waals surface area contributed by atoms with Crippen LogP contribution in [0, 0.1) is 0 Å². The smallest absolute Gasteiger partial charge is 0.158 e. The number of benzene rings is 1. The third kappa shape index (κ3) is 2.30. The maximum atomic E-state index is 6.01. The molecule has 19 heavy (non-hydrogen) atoms. The van der Waals surface area contributed by atoms with Gasteiger partial charge in [0.25, 0.3) is 0 Å². The lowest BCUT2D eigenvalue weighted by molar-refractivity contribution is 0.177. The minimum atomic E-state index is 0.320. The molecule has 0 unspecified atom stereocenters. The first kappa shape index (κ1) is 12.1. The van der Waals surface area contributed by atoms with E-state index in [9.17, 15) is 0 Å². The first-order valence-corrected chi connectivity index (χ1v) is 6.10. The Labute approximate surface area is 114 Å². The van der Waals surface area contributed by atoms with Crippen LogP contribution in [0.4, 0.5) is 0 Å². The van der Waals surface area contributed by atoms with Crippen LogP contribution in [0.25, 0.3) is 16.9 Å². The van der Waals surface area contributed by atoms with E-state index in [2.05, 4.69) is 15.0 Å². The molecule has 0 bridgehead atoms. The van der Waals surface area contributed by atoms with E-state index in [1.165, 1.54) is 0 Å². The second-order valence-corrected chi connectivity index (χ2v) is 4.39. The lowest BCUT2D eigenvalue weighted by Crippen LogP contribution is -2.03. The molecule has 0 aliphatic heterocycles. The summed E-state index contributed by atoms with van der Waals surface area (Å²) in [6.07, 6.45) is 1.72. The second kappa shape index (κ2) is 4.95. The molecular formula is C13H11ClN4O. The molecule has 6 heteroatoms. The van der Waals surface area contributed by atoms with Crippen molar-refractivity contribution < 1.29 is 4.74 Å². The van der Waals surface area contributed by atoms with Crippen LogP contribution < -0.4 is 0 Å². The van der Waals surface area contributed by atoms with Crippen molar-refractivity contribution in [3.8, 4) is 5.82 Å². The van der Waals surface area contributed by atoms with Crippen LogP contribution in [0.15, 0.2) is 36.7 Å². The molecule has 3 aromatic rings. The van der Waals surface area contributed by atoms with Crippen molar-refractivity contribution in [1.29, 1.82) is 0 Å². The van der Waals surface area contributed by atoms with E-state index in [1.54, 1.807) is 19.5 Å². The number of para-hydroxylation sites is 2. The lowest BCUT2D eigenvalue weighted by atomic mass is 10.3. The highest BCUT2D eigenvalue weighted by Gasteiger charge is 2.08. The molecule has 5 nitrogen and oxygen atoms in total. The molecular weight excluding hydrogens is 264 g/mol. The fourth-order valence-electron chi connectivity index (χ4n) is 1.91. The van der Waals surface area contributed by atoms with Crippen molar-refractivity contribution in [1.82, 2.24) is 19.5 Å². The van der Waals surface area contributed by atoms with Crippen molar-refractivity contribution in [2.75, 3.05) is 7.11 Å². The van der Waals surface area contributed by atoms with Gasteiger partial charge in [-0.3, -0.25) is 4.57 Å². The van der Waals surface area contributed by atoms with Gasteiger partial charge in [0.1, 0.15) is 23.9 Å². The van der Waals surface area contributed by atoms with Gasteiger partial charge in [-0.2, -0.15) is 0 Å². The summed E-state index contributed by atoms with van der Waals surface area (Å²) < 4.78 is 6.91. The Kier molecular flexibility index (Phi) is 3.15. The Morgan fingerprint density at radius 1 is 1.26 bits per heavy atom. The van der Waals surface area contributed by atoms with Gasteiger partial charge in [0.2, 0.25) is 0 Å². The molecule has 0 amide bonds. The Morgan fingerprint density at radius 2 is 2.11 bits per heavy atom. The highest BCUT2D eigenvalue weighted by molar-refractivity contribution is 6.29. The predicted molar refractivity (Wildman–Crippen MR) is 72.4 cm³/mol. The van der Waals surface area contributed by atoms with Crippen molar-refractivity contribution in [2.45, 2.75) is 6.61 Å². The standard InChI is InChI=1S/C13H11ClN4O/c1-19-7-12-16-11(14)6-13(17-12)18-8-15-9-4-2-3-5-10(9)18/h2-6,8H,7H2,1H3. The number of imidazole rings is 1. The van der Waals surface area contributed by atoms with Gasteiger partial charge in [-0.05, 0) is 12.1 Å². The van der Waals surface area contributed by atoms with Crippen molar-refractivity contribution in [3.63, 3.8) is 0 Å². The molecule has 0 spiro atoms. The normalized spacial score (nSPS) is 11.1. The minimum absolute atomic E-state index is 0.320. The van der Waals surface area contributed by atoms with Crippen LogP contribution in [-0.2, 0) is 11.3 Å². The number of halogens is 1. The number of ether oxygens (including phenoxy) is 1. The highest BCUT2D eigenvalue weighted by Crippen LogP contribution is 2.18. The van der Waals surface area contributed by atoms with E-state index in [-0.39, 0.29) is 0 Å². The second-order valence-electron chi connectivity index (χ2n) is 4.00. The Balaban J connectivity index is 2.15. The van der Waals surface area contributed by atoms with Crippen molar-refractivity contribution in [3.05, 3.63) is 47.6 Å². The zero-order chi connectivity index (χ0) is 13.2. The van der Waals surface area contributed by atoms with Gasteiger partial charge in [-0.1, -0.05) is 23.7 Å². The predicted octanol–water partition coefficient (Wildman–Crippen LogP) is 2.62. The molecule has 2 aromatic heterocycles. The maximum Gasteiger partial charge on any atom is 0.158 e. The Bertz CT molecular complexity index is 725. The molecule has 1 aromatic carbocycles. The topological polar surface area (TPSA) is 52.8 Å². The van der Waals surface area contributed by atoms with Crippen LogP contribution in [0.2, 0.25) is 5.15 Å². The molecule has 2 heterocycles. The third-order valence-corrected chi connectivity index (χ3v) is 2.90. The van der Waals surface area contributed by atoms with Crippen LogP contribution in [0.3, 0.4) is 0 Å². The van der Waals surface area contributed by atoms with Crippen LogP contribution in [-0.4, -0.2) is 26.6 Å². The van der Waals surface area contributed by atoms with Crippen LogP contribution >= 0.6 is 11.6 Å². The molecule has 0 saturated heterocycles. The fraction of sp³-hybridized carbons (Fsp3) is 0.154. The summed E-state index contributed by atoms with van der Waals surface area (Å²) in [5.41, 5.74) is 1.88. The van der Waals surface area contributed by atoms with Gasteiger partial charge in [-0.25, -0.2) is 15.0 Å². The number of fused-ring (bicyclic) bond motifs is 1. The summed E-state index contributed by atoms with van der Waals surface area (Å²) in [6.45, 7) is 0.320. The number of hydrogen-bond acceptors (Lipinski definition) is 4. The Morgan fingerprint density at radius 3 is 2.95 bits per heavy atom. The largest absolute Gasteiger partial charge is 0.377 e. The quantitative estimate of drug-likeness (QED) is 0.689. The van der Waals surface area contributed by atoms with Crippen LogP contribution in [0.5, 0.6) is 0 Å².